The normalized spacial score (nSPS) is 12.1. The van der Waals surface area contributed by atoms with Gasteiger partial charge in [0.25, 0.3) is 5.91 Å². The monoisotopic (exact) mass is 463 g/mol. The molecule has 2 amide bonds. The third kappa shape index (κ3) is 16.4. The molecule has 0 saturated heterocycles. The summed E-state index contributed by atoms with van der Waals surface area (Å²) in [5.74, 6) is -0.164. The Hall–Kier alpha value is -3.21. The number of amides is 2. The van der Waals surface area contributed by atoms with Gasteiger partial charge in [-0.15, -0.1) is 0 Å². The molecule has 0 unspecified atom stereocenters. The maximum absolute atomic E-state index is 12.0. The summed E-state index contributed by atoms with van der Waals surface area (Å²) in [6, 6.07) is 1.79. The molecule has 0 aromatic carbocycles. The van der Waals surface area contributed by atoms with Crippen LogP contribution in [-0.2, 0) is 4.79 Å². The lowest BCUT2D eigenvalue weighted by Gasteiger charge is -2.07. The zero-order valence-corrected chi connectivity index (χ0v) is 20.8. The molecule has 0 saturated carbocycles. The Morgan fingerprint density at radius 2 is 1.35 bits per heavy atom. The Balaban J connectivity index is 1.98. The third-order valence-corrected chi connectivity index (χ3v) is 4.80. The lowest BCUT2D eigenvalue weighted by Crippen LogP contribution is -2.34. The van der Waals surface area contributed by atoms with Crippen molar-refractivity contribution in [2.24, 2.45) is 0 Å². The highest BCUT2D eigenvalue weighted by Crippen LogP contribution is 2.01. The van der Waals surface area contributed by atoms with Crippen LogP contribution in [0.25, 0.3) is 0 Å². The van der Waals surface area contributed by atoms with Gasteiger partial charge in [0.2, 0.25) is 5.91 Å². The van der Waals surface area contributed by atoms with E-state index in [1.165, 1.54) is 6.20 Å². The Morgan fingerprint density at radius 3 is 1.94 bits per heavy atom. The minimum atomic E-state index is -0.177. The fourth-order valence-corrected chi connectivity index (χ4v) is 3.00. The number of hydrogen-bond acceptors (Lipinski definition) is 3. The summed E-state index contributed by atoms with van der Waals surface area (Å²) >= 11 is 0. The molecular formula is C29H41N3O2. The molecular weight excluding hydrogens is 422 g/mol. The van der Waals surface area contributed by atoms with Gasteiger partial charge in [0.1, 0.15) is 0 Å². The third-order valence-electron chi connectivity index (χ3n) is 4.80. The van der Waals surface area contributed by atoms with Gasteiger partial charge in [0, 0.05) is 31.9 Å². The maximum atomic E-state index is 12.0. The lowest BCUT2D eigenvalue weighted by molar-refractivity contribution is -0.121. The van der Waals surface area contributed by atoms with Gasteiger partial charge in [-0.25, -0.2) is 0 Å². The van der Waals surface area contributed by atoms with Gasteiger partial charge in [-0.1, -0.05) is 67.7 Å². The molecule has 34 heavy (non-hydrogen) atoms. The molecule has 0 radical (unpaired) electrons. The Bertz CT molecular complexity index is 851. The fourth-order valence-electron chi connectivity index (χ4n) is 3.00. The van der Waals surface area contributed by atoms with Crippen LogP contribution in [0.4, 0.5) is 0 Å². The summed E-state index contributed by atoms with van der Waals surface area (Å²) in [5.41, 5.74) is 1.47. The van der Waals surface area contributed by atoms with Gasteiger partial charge < -0.3 is 10.6 Å². The molecule has 0 aliphatic heterocycles. The smallest absolute Gasteiger partial charge is 0.252 e. The predicted octanol–water partition coefficient (Wildman–Crippen LogP) is 6.16. The molecule has 5 nitrogen and oxygen atoms in total. The molecule has 1 aromatic rings. The molecule has 0 spiro atoms. The number of nitrogens with one attached hydrogen (secondary N) is 2. The van der Waals surface area contributed by atoms with Crippen LogP contribution in [0, 0.1) is 6.92 Å². The van der Waals surface area contributed by atoms with E-state index in [0.29, 0.717) is 25.1 Å². The second-order valence-corrected chi connectivity index (χ2v) is 7.96. The van der Waals surface area contributed by atoms with Crippen molar-refractivity contribution in [3.8, 4) is 0 Å². The summed E-state index contributed by atoms with van der Waals surface area (Å²) in [7, 11) is 0. The maximum Gasteiger partial charge on any atom is 0.252 e. The fraction of sp³-hybridized carbons (Fsp3) is 0.414. The number of nitrogens with zero attached hydrogens (tertiary/aromatic N) is 1. The van der Waals surface area contributed by atoms with Gasteiger partial charge in [0.05, 0.1) is 5.56 Å². The molecule has 1 aromatic heterocycles. The quantitative estimate of drug-likeness (QED) is 0.215. The van der Waals surface area contributed by atoms with Gasteiger partial charge in [-0.05, 0) is 63.5 Å². The van der Waals surface area contributed by atoms with E-state index >= 15 is 0 Å². The lowest BCUT2D eigenvalue weighted by atomic mass is 10.2. The SMILES string of the molecule is CC/C=C\C/C=C\C/C=C\C/C=C\C/C=C\CCCC(=O)NCCNC(=O)c1cncc(C)c1. The second kappa shape index (κ2) is 20.4. The van der Waals surface area contributed by atoms with Gasteiger partial charge in [-0.2, -0.15) is 0 Å². The van der Waals surface area contributed by atoms with Crippen LogP contribution < -0.4 is 10.6 Å². The molecule has 0 atom stereocenters. The van der Waals surface area contributed by atoms with Crippen molar-refractivity contribution in [2.45, 2.75) is 65.2 Å². The minimum absolute atomic E-state index is 0.0128. The van der Waals surface area contributed by atoms with Crippen molar-refractivity contribution in [1.82, 2.24) is 15.6 Å². The number of carbonyl (C=O) groups excluding carboxylic acids is 2. The van der Waals surface area contributed by atoms with Gasteiger partial charge in [-0.3, -0.25) is 14.6 Å². The number of rotatable bonds is 17. The molecule has 1 rings (SSSR count). The Morgan fingerprint density at radius 1 is 0.794 bits per heavy atom. The van der Waals surface area contributed by atoms with E-state index in [2.05, 4.69) is 83.3 Å². The molecule has 0 aliphatic rings. The van der Waals surface area contributed by atoms with E-state index in [4.69, 9.17) is 0 Å². The zero-order chi connectivity index (χ0) is 24.7. The van der Waals surface area contributed by atoms with E-state index < -0.39 is 0 Å². The highest BCUT2D eigenvalue weighted by molar-refractivity contribution is 5.94. The summed E-state index contributed by atoms with van der Waals surface area (Å²) in [5, 5.41) is 5.62. The highest BCUT2D eigenvalue weighted by atomic mass is 16.2. The van der Waals surface area contributed by atoms with Crippen LogP contribution >= 0.6 is 0 Å². The average molecular weight is 464 g/mol. The Labute approximate surface area is 205 Å². The standard InChI is InChI=1S/C29H41N3O2/c1-3-4-5-6-7-8-9-10-11-12-13-14-15-16-17-18-19-20-28(33)31-21-22-32-29(34)27-23-26(2)24-30-25-27/h4-5,7-8,10-11,13-14,16-17,23-25H,3,6,9,12,15,18-22H2,1-2H3,(H,31,33)(H,32,34)/b5-4-,8-7-,11-10-,14-13-,17-16-. The van der Waals surface area contributed by atoms with E-state index in [0.717, 1.165) is 50.5 Å². The number of allylic oxidation sites excluding steroid dienone is 10. The molecule has 2 N–H and O–H groups in total. The van der Waals surface area contributed by atoms with E-state index in [9.17, 15) is 9.59 Å². The number of aromatic nitrogens is 1. The molecule has 1 heterocycles. The van der Waals surface area contributed by atoms with Crippen molar-refractivity contribution < 1.29 is 9.59 Å². The molecule has 5 heteroatoms. The van der Waals surface area contributed by atoms with Crippen molar-refractivity contribution in [3.05, 3.63) is 90.3 Å². The van der Waals surface area contributed by atoms with E-state index in [1.54, 1.807) is 12.3 Å². The summed E-state index contributed by atoms with van der Waals surface area (Å²) in [4.78, 5) is 27.9. The molecule has 0 bridgehead atoms. The number of pyridine rings is 1. The van der Waals surface area contributed by atoms with Crippen LogP contribution in [0.1, 0.15) is 74.2 Å². The number of carbonyl (C=O) groups is 2. The molecule has 184 valence electrons. The van der Waals surface area contributed by atoms with Gasteiger partial charge in [0.15, 0.2) is 0 Å². The first kappa shape index (κ1) is 28.8. The number of unbranched alkanes of at least 4 members (excludes halogenated alkanes) is 1. The number of aryl methyl sites for hydroxylation is 1. The van der Waals surface area contributed by atoms with Crippen LogP contribution in [-0.4, -0.2) is 29.9 Å². The molecule has 0 aliphatic carbocycles. The summed E-state index contributed by atoms with van der Waals surface area (Å²) in [6.45, 7) is 4.86. The first-order valence-electron chi connectivity index (χ1n) is 12.3. The molecule has 0 fully saturated rings. The van der Waals surface area contributed by atoms with Crippen molar-refractivity contribution in [3.63, 3.8) is 0 Å². The highest BCUT2D eigenvalue weighted by Gasteiger charge is 2.05. The van der Waals surface area contributed by atoms with Crippen LogP contribution in [0.5, 0.6) is 0 Å². The summed E-state index contributed by atoms with van der Waals surface area (Å²) < 4.78 is 0. The van der Waals surface area contributed by atoms with Crippen LogP contribution in [0.15, 0.2) is 79.2 Å². The van der Waals surface area contributed by atoms with Crippen LogP contribution in [0.2, 0.25) is 0 Å². The van der Waals surface area contributed by atoms with Crippen molar-refractivity contribution >= 4 is 11.8 Å². The van der Waals surface area contributed by atoms with Crippen LogP contribution in [0.3, 0.4) is 0 Å². The number of hydrogen-bond donors (Lipinski definition) is 2. The van der Waals surface area contributed by atoms with Crippen molar-refractivity contribution in [2.75, 3.05) is 13.1 Å². The minimum Gasteiger partial charge on any atom is -0.354 e. The zero-order valence-electron chi connectivity index (χ0n) is 20.8. The van der Waals surface area contributed by atoms with E-state index in [1.807, 2.05) is 6.92 Å². The topological polar surface area (TPSA) is 71.1 Å². The average Bonchev–Trinajstić information content (AvgIpc) is 2.83. The predicted molar refractivity (Wildman–Crippen MR) is 143 cm³/mol. The summed E-state index contributed by atoms with van der Waals surface area (Å²) in [6.07, 6.45) is 32.2. The van der Waals surface area contributed by atoms with Gasteiger partial charge >= 0.3 is 0 Å². The largest absolute Gasteiger partial charge is 0.354 e. The Kier molecular flexibility index (Phi) is 17.3. The first-order chi connectivity index (χ1) is 16.6. The second-order valence-electron chi connectivity index (χ2n) is 7.96. The first-order valence-corrected chi connectivity index (χ1v) is 12.3. The van der Waals surface area contributed by atoms with Crippen molar-refractivity contribution in [1.29, 1.82) is 0 Å². The van der Waals surface area contributed by atoms with E-state index in [-0.39, 0.29) is 11.8 Å².